The maximum Gasteiger partial charge on any atom is 0.0702 e. The Morgan fingerprint density at radius 3 is 3.05 bits per heavy atom. The Balaban J connectivity index is 1.60. The van der Waals surface area contributed by atoms with E-state index in [1.54, 1.807) is 6.20 Å². The standard InChI is InChI=1S/C17H23N3O/c1-19(14-17-8-2-3-11-21-17)13-15-6-4-7-16(12-15)20-10-5-9-18-20/h4-7,9-10,12,17H,2-3,8,11,13-14H2,1H3/t17-/m0/s1. The van der Waals surface area contributed by atoms with Crippen molar-refractivity contribution in [3.8, 4) is 5.69 Å². The smallest absolute Gasteiger partial charge is 0.0702 e. The number of benzene rings is 1. The molecule has 112 valence electrons. The second-order valence-electron chi connectivity index (χ2n) is 5.81. The first-order chi connectivity index (χ1) is 10.3. The van der Waals surface area contributed by atoms with Crippen LogP contribution in [0, 0.1) is 0 Å². The average molecular weight is 285 g/mol. The minimum atomic E-state index is 0.401. The van der Waals surface area contributed by atoms with Gasteiger partial charge in [-0.1, -0.05) is 12.1 Å². The van der Waals surface area contributed by atoms with Gasteiger partial charge in [0.05, 0.1) is 11.8 Å². The second-order valence-corrected chi connectivity index (χ2v) is 5.81. The van der Waals surface area contributed by atoms with E-state index in [1.807, 2.05) is 16.9 Å². The molecule has 1 aliphatic rings. The first-order valence-corrected chi connectivity index (χ1v) is 7.70. The molecule has 0 unspecified atom stereocenters. The van der Waals surface area contributed by atoms with Gasteiger partial charge in [-0.2, -0.15) is 5.10 Å². The van der Waals surface area contributed by atoms with Crippen molar-refractivity contribution >= 4 is 0 Å². The Kier molecular flexibility index (Phi) is 4.68. The van der Waals surface area contributed by atoms with Crippen LogP contribution in [0.3, 0.4) is 0 Å². The summed E-state index contributed by atoms with van der Waals surface area (Å²) in [6.07, 6.45) is 7.88. The van der Waals surface area contributed by atoms with Crippen LogP contribution in [0.15, 0.2) is 42.7 Å². The SMILES string of the molecule is CN(Cc1cccc(-n2cccn2)c1)C[C@@H]1CCCCO1. The number of ether oxygens (including phenoxy) is 1. The largest absolute Gasteiger partial charge is 0.377 e. The van der Waals surface area contributed by atoms with Gasteiger partial charge in [-0.05, 0) is 50.1 Å². The predicted molar refractivity (Wildman–Crippen MR) is 83.5 cm³/mol. The maximum absolute atomic E-state index is 5.81. The van der Waals surface area contributed by atoms with Crippen LogP contribution < -0.4 is 0 Å². The lowest BCUT2D eigenvalue weighted by molar-refractivity contribution is -0.00259. The normalized spacial score (nSPS) is 19.0. The van der Waals surface area contributed by atoms with E-state index in [0.717, 1.165) is 25.4 Å². The van der Waals surface area contributed by atoms with E-state index in [0.29, 0.717) is 6.10 Å². The molecular weight excluding hydrogens is 262 g/mol. The molecule has 1 atom stereocenters. The van der Waals surface area contributed by atoms with Gasteiger partial charge in [0.25, 0.3) is 0 Å². The molecule has 0 spiro atoms. The van der Waals surface area contributed by atoms with Gasteiger partial charge in [0, 0.05) is 32.1 Å². The van der Waals surface area contributed by atoms with E-state index >= 15 is 0 Å². The molecule has 0 saturated carbocycles. The summed E-state index contributed by atoms with van der Waals surface area (Å²) in [5.74, 6) is 0. The Bertz CT molecular complexity index is 547. The lowest BCUT2D eigenvalue weighted by Gasteiger charge is -2.27. The highest BCUT2D eigenvalue weighted by Crippen LogP contribution is 2.15. The van der Waals surface area contributed by atoms with Crippen molar-refractivity contribution in [2.24, 2.45) is 0 Å². The summed E-state index contributed by atoms with van der Waals surface area (Å²) in [5.41, 5.74) is 2.42. The van der Waals surface area contributed by atoms with Crippen molar-refractivity contribution in [1.82, 2.24) is 14.7 Å². The summed E-state index contributed by atoms with van der Waals surface area (Å²) in [6.45, 7) is 2.87. The van der Waals surface area contributed by atoms with Crippen molar-refractivity contribution < 1.29 is 4.74 Å². The highest BCUT2D eigenvalue weighted by molar-refractivity contribution is 5.34. The van der Waals surface area contributed by atoms with Crippen molar-refractivity contribution in [3.63, 3.8) is 0 Å². The summed E-state index contributed by atoms with van der Waals surface area (Å²) >= 11 is 0. The molecule has 0 aliphatic carbocycles. The summed E-state index contributed by atoms with van der Waals surface area (Å²) in [6, 6.07) is 10.5. The fourth-order valence-electron chi connectivity index (χ4n) is 2.89. The van der Waals surface area contributed by atoms with E-state index < -0.39 is 0 Å². The fourth-order valence-corrected chi connectivity index (χ4v) is 2.89. The van der Waals surface area contributed by atoms with Gasteiger partial charge in [0.1, 0.15) is 0 Å². The van der Waals surface area contributed by atoms with Crippen molar-refractivity contribution in [2.45, 2.75) is 31.9 Å². The molecule has 2 heterocycles. The molecule has 3 rings (SSSR count). The van der Waals surface area contributed by atoms with Gasteiger partial charge in [0.2, 0.25) is 0 Å². The minimum absolute atomic E-state index is 0.401. The predicted octanol–water partition coefficient (Wildman–Crippen LogP) is 2.87. The third-order valence-electron chi connectivity index (χ3n) is 3.92. The number of hydrogen-bond acceptors (Lipinski definition) is 3. The number of likely N-dealkylation sites (N-methyl/N-ethyl adjacent to an activating group) is 1. The van der Waals surface area contributed by atoms with E-state index in [2.05, 4.69) is 41.3 Å². The molecule has 21 heavy (non-hydrogen) atoms. The number of hydrogen-bond donors (Lipinski definition) is 0. The quantitative estimate of drug-likeness (QED) is 0.846. The summed E-state index contributed by atoms with van der Waals surface area (Å²) in [5, 5.41) is 4.28. The zero-order valence-corrected chi connectivity index (χ0v) is 12.6. The zero-order valence-electron chi connectivity index (χ0n) is 12.6. The average Bonchev–Trinajstić information content (AvgIpc) is 3.02. The van der Waals surface area contributed by atoms with Crippen LogP contribution in [0.5, 0.6) is 0 Å². The van der Waals surface area contributed by atoms with Gasteiger partial charge in [-0.25, -0.2) is 4.68 Å². The van der Waals surface area contributed by atoms with E-state index in [-0.39, 0.29) is 0 Å². The van der Waals surface area contributed by atoms with Crippen LogP contribution in [-0.4, -0.2) is 41.0 Å². The van der Waals surface area contributed by atoms with Crippen LogP contribution in [0.1, 0.15) is 24.8 Å². The lowest BCUT2D eigenvalue weighted by atomic mass is 10.1. The molecule has 2 aromatic rings. The van der Waals surface area contributed by atoms with Crippen molar-refractivity contribution in [3.05, 3.63) is 48.3 Å². The summed E-state index contributed by atoms with van der Waals surface area (Å²) in [7, 11) is 2.17. The molecule has 1 aromatic carbocycles. The Morgan fingerprint density at radius 2 is 2.29 bits per heavy atom. The molecular formula is C17H23N3O. The van der Waals surface area contributed by atoms with Crippen LogP contribution in [0.25, 0.3) is 5.69 Å². The minimum Gasteiger partial charge on any atom is -0.377 e. The first-order valence-electron chi connectivity index (χ1n) is 7.70. The third kappa shape index (κ3) is 3.93. The summed E-state index contributed by atoms with van der Waals surface area (Å²) in [4.78, 5) is 2.35. The molecule has 1 fully saturated rings. The monoisotopic (exact) mass is 285 g/mol. The summed E-state index contributed by atoms with van der Waals surface area (Å²) < 4.78 is 7.71. The van der Waals surface area contributed by atoms with Gasteiger partial charge < -0.3 is 4.74 Å². The van der Waals surface area contributed by atoms with Crippen LogP contribution in [0.4, 0.5) is 0 Å². The molecule has 0 radical (unpaired) electrons. The van der Waals surface area contributed by atoms with E-state index in [4.69, 9.17) is 4.74 Å². The van der Waals surface area contributed by atoms with Crippen LogP contribution in [0.2, 0.25) is 0 Å². The molecule has 1 aliphatic heterocycles. The molecule has 0 N–H and O–H groups in total. The number of aromatic nitrogens is 2. The van der Waals surface area contributed by atoms with E-state index in [9.17, 15) is 0 Å². The molecule has 4 heteroatoms. The van der Waals surface area contributed by atoms with Crippen LogP contribution in [-0.2, 0) is 11.3 Å². The van der Waals surface area contributed by atoms with Gasteiger partial charge >= 0.3 is 0 Å². The number of rotatable bonds is 5. The maximum atomic E-state index is 5.81. The van der Waals surface area contributed by atoms with Crippen molar-refractivity contribution in [2.75, 3.05) is 20.2 Å². The highest BCUT2D eigenvalue weighted by atomic mass is 16.5. The molecule has 1 aromatic heterocycles. The highest BCUT2D eigenvalue weighted by Gasteiger charge is 2.15. The third-order valence-corrected chi connectivity index (χ3v) is 3.92. The number of nitrogens with zero attached hydrogens (tertiary/aromatic N) is 3. The van der Waals surface area contributed by atoms with E-state index in [1.165, 1.54) is 24.8 Å². The Hall–Kier alpha value is -1.65. The van der Waals surface area contributed by atoms with Crippen molar-refractivity contribution in [1.29, 1.82) is 0 Å². The van der Waals surface area contributed by atoms with Gasteiger partial charge in [-0.15, -0.1) is 0 Å². The molecule has 4 nitrogen and oxygen atoms in total. The fraction of sp³-hybridized carbons (Fsp3) is 0.471. The van der Waals surface area contributed by atoms with Gasteiger partial charge in [-0.3, -0.25) is 4.90 Å². The zero-order chi connectivity index (χ0) is 14.5. The molecule has 0 amide bonds. The molecule has 0 bridgehead atoms. The van der Waals surface area contributed by atoms with Crippen LogP contribution >= 0.6 is 0 Å². The second kappa shape index (κ2) is 6.87. The molecule has 1 saturated heterocycles. The first kappa shape index (κ1) is 14.3. The lowest BCUT2D eigenvalue weighted by Crippen LogP contribution is -2.33. The Morgan fingerprint density at radius 1 is 1.33 bits per heavy atom. The Labute approximate surface area is 126 Å². The topological polar surface area (TPSA) is 30.3 Å². The van der Waals surface area contributed by atoms with Gasteiger partial charge in [0.15, 0.2) is 0 Å².